The van der Waals surface area contributed by atoms with E-state index in [1.165, 1.54) is 6.07 Å². The lowest BCUT2D eigenvalue weighted by Gasteiger charge is -2.35. The normalized spacial score (nSPS) is 18.9. The van der Waals surface area contributed by atoms with Crippen LogP contribution in [0.1, 0.15) is 35.2 Å². The Bertz CT molecular complexity index is 530. The van der Waals surface area contributed by atoms with Gasteiger partial charge in [0, 0.05) is 25.2 Å². The molecule has 6 heteroatoms. The van der Waals surface area contributed by atoms with Crippen molar-refractivity contribution in [2.45, 2.75) is 32.2 Å². The zero-order chi connectivity index (χ0) is 14.7. The summed E-state index contributed by atoms with van der Waals surface area (Å²) in [6.07, 6.45) is 2.82. The Balaban J connectivity index is 2.36. The van der Waals surface area contributed by atoms with Gasteiger partial charge in [-0.15, -0.1) is 0 Å². The van der Waals surface area contributed by atoms with Gasteiger partial charge in [0.05, 0.1) is 4.92 Å². The number of hydrogen-bond donors (Lipinski definition) is 1. The number of aryl methyl sites for hydroxylation is 1. The topological polar surface area (TPSA) is 89.5 Å². The zero-order valence-corrected chi connectivity index (χ0v) is 11.5. The maximum Gasteiger partial charge on any atom is 0.282 e. The molecule has 2 N–H and O–H groups in total. The van der Waals surface area contributed by atoms with Crippen molar-refractivity contribution < 1.29 is 9.72 Å². The maximum absolute atomic E-state index is 12.6. The van der Waals surface area contributed by atoms with Crippen LogP contribution < -0.4 is 5.73 Å². The predicted octanol–water partition coefficient (Wildman–Crippen LogP) is 1.86. The summed E-state index contributed by atoms with van der Waals surface area (Å²) in [4.78, 5) is 24.9. The molecule has 1 amide bonds. The predicted molar refractivity (Wildman–Crippen MR) is 75.6 cm³/mol. The Hall–Kier alpha value is -1.95. The summed E-state index contributed by atoms with van der Waals surface area (Å²) in [5.74, 6) is -0.282. The van der Waals surface area contributed by atoms with Crippen LogP contribution in [0, 0.1) is 17.0 Å². The van der Waals surface area contributed by atoms with Gasteiger partial charge in [-0.25, -0.2) is 0 Å². The Kier molecular flexibility index (Phi) is 4.34. The molecule has 1 aliphatic rings. The van der Waals surface area contributed by atoms with Crippen LogP contribution in [0.4, 0.5) is 5.69 Å². The number of carbonyl (C=O) groups excluding carboxylic acids is 1. The first kappa shape index (κ1) is 14.5. The molecule has 0 spiro atoms. The number of nitrogens with zero attached hydrogens (tertiary/aromatic N) is 2. The van der Waals surface area contributed by atoms with Crippen molar-refractivity contribution in [2.24, 2.45) is 5.73 Å². The molecule has 108 valence electrons. The Labute approximate surface area is 117 Å². The number of nitro groups is 1. The highest BCUT2D eigenvalue weighted by molar-refractivity contribution is 5.98. The standard InChI is InChI=1S/C14H19N3O3/c1-10-5-6-13(17(19)20)12(8-10)14(18)16-7-3-2-4-11(16)9-15/h5-6,8,11H,2-4,7,9,15H2,1H3. The number of hydrogen-bond acceptors (Lipinski definition) is 4. The molecule has 0 bridgehead atoms. The van der Waals surface area contributed by atoms with Crippen LogP contribution >= 0.6 is 0 Å². The molecular weight excluding hydrogens is 258 g/mol. The molecule has 1 aromatic carbocycles. The second-order valence-corrected chi connectivity index (χ2v) is 5.16. The summed E-state index contributed by atoms with van der Waals surface area (Å²) in [6.45, 7) is 2.83. The number of benzene rings is 1. The van der Waals surface area contributed by atoms with Crippen LogP contribution in [0.5, 0.6) is 0 Å². The Morgan fingerprint density at radius 3 is 2.90 bits per heavy atom. The fourth-order valence-electron chi connectivity index (χ4n) is 2.65. The van der Waals surface area contributed by atoms with Crippen LogP contribution in [0.25, 0.3) is 0 Å². The number of piperidine rings is 1. The largest absolute Gasteiger partial charge is 0.334 e. The van der Waals surface area contributed by atoms with E-state index in [2.05, 4.69) is 0 Å². The third-order valence-corrected chi connectivity index (χ3v) is 3.74. The van der Waals surface area contributed by atoms with Crippen LogP contribution in [0.2, 0.25) is 0 Å². The third kappa shape index (κ3) is 2.80. The highest BCUT2D eigenvalue weighted by Crippen LogP contribution is 2.25. The Morgan fingerprint density at radius 1 is 1.50 bits per heavy atom. The molecule has 1 unspecified atom stereocenters. The van der Waals surface area contributed by atoms with Crippen molar-refractivity contribution in [1.29, 1.82) is 0 Å². The minimum absolute atomic E-state index is 0.0173. The molecule has 6 nitrogen and oxygen atoms in total. The van der Waals surface area contributed by atoms with Crippen LogP contribution in [0.15, 0.2) is 18.2 Å². The van der Waals surface area contributed by atoms with Crippen molar-refractivity contribution in [3.8, 4) is 0 Å². The van der Waals surface area contributed by atoms with Gasteiger partial charge in [0.25, 0.3) is 11.6 Å². The quantitative estimate of drug-likeness (QED) is 0.674. The fourth-order valence-corrected chi connectivity index (χ4v) is 2.65. The van der Waals surface area contributed by atoms with Crippen LogP contribution in [-0.2, 0) is 0 Å². The van der Waals surface area contributed by atoms with E-state index in [1.54, 1.807) is 17.0 Å². The van der Waals surface area contributed by atoms with Crippen molar-refractivity contribution in [1.82, 2.24) is 4.90 Å². The molecule has 20 heavy (non-hydrogen) atoms. The summed E-state index contributed by atoms with van der Waals surface area (Å²) in [6, 6.07) is 4.61. The van der Waals surface area contributed by atoms with Gasteiger partial charge in [-0.2, -0.15) is 0 Å². The van der Waals surface area contributed by atoms with Gasteiger partial charge in [0.2, 0.25) is 0 Å². The first-order valence-electron chi connectivity index (χ1n) is 6.80. The monoisotopic (exact) mass is 277 g/mol. The van der Waals surface area contributed by atoms with E-state index in [0.717, 1.165) is 24.8 Å². The van der Waals surface area contributed by atoms with Gasteiger partial charge in [-0.1, -0.05) is 6.07 Å². The van der Waals surface area contributed by atoms with E-state index >= 15 is 0 Å². The molecule has 1 aliphatic heterocycles. The molecule has 2 rings (SSSR count). The van der Waals surface area contributed by atoms with E-state index in [-0.39, 0.29) is 23.2 Å². The van der Waals surface area contributed by atoms with Crippen molar-refractivity contribution in [2.75, 3.05) is 13.1 Å². The van der Waals surface area contributed by atoms with Gasteiger partial charge in [0.1, 0.15) is 5.56 Å². The number of likely N-dealkylation sites (tertiary alicyclic amines) is 1. The van der Waals surface area contributed by atoms with E-state index in [1.807, 2.05) is 6.92 Å². The number of nitrogens with two attached hydrogens (primary N) is 1. The minimum atomic E-state index is -0.506. The van der Waals surface area contributed by atoms with Crippen molar-refractivity contribution in [3.63, 3.8) is 0 Å². The van der Waals surface area contributed by atoms with E-state index in [4.69, 9.17) is 5.73 Å². The van der Waals surface area contributed by atoms with E-state index in [9.17, 15) is 14.9 Å². The minimum Gasteiger partial charge on any atom is -0.334 e. The molecule has 1 aromatic rings. The van der Waals surface area contributed by atoms with Gasteiger partial charge in [-0.3, -0.25) is 14.9 Å². The van der Waals surface area contributed by atoms with Gasteiger partial charge < -0.3 is 10.6 Å². The highest BCUT2D eigenvalue weighted by atomic mass is 16.6. The maximum atomic E-state index is 12.6. The average molecular weight is 277 g/mol. The number of carbonyl (C=O) groups is 1. The van der Waals surface area contributed by atoms with Crippen LogP contribution in [-0.4, -0.2) is 34.9 Å². The fraction of sp³-hybridized carbons (Fsp3) is 0.500. The SMILES string of the molecule is Cc1ccc([N+](=O)[O-])c(C(=O)N2CCCCC2CN)c1. The summed E-state index contributed by atoms with van der Waals surface area (Å²) < 4.78 is 0. The summed E-state index contributed by atoms with van der Waals surface area (Å²) >= 11 is 0. The molecule has 1 heterocycles. The summed E-state index contributed by atoms with van der Waals surface area (Å²) in [5.41, 5.74) is 6.57. The molecule has 1 fully saturated rings. The molecule has 0 saturated carbocycles. The molecule has 1 saturated heterocycles. The molecule has 0 radical (unpaired) electrons. The lowest BCUT2D eigenvalue weighted by Crippen LogP contribution is -2.47. The first-order valence-corrected chi connectivity index (χ1v) is 6.80. The number of rotatable bonds is 3. The molecule has 0 aliphatic carbocycles. The smallest absolute Gasteiger partial charge is 0.282 e. The third-order valence-electron chi connectivity index (χ3n) is 3.74. The molecule has 1 atom stereocenters. The lowest BCUT2D eigenvalue weighted by atomic mass is 10.00. The van der Waals surface area contributed by atoms with E-state index < -0.39 is 4.92 Å². The molecule has 0 aromatic heterocycles. The lowest BCUT2D eigenvalue weighted by molar-refractivity contribution is -0.385. The number of nitro benzene ring substituents is 1. The summed E-state index contributed by atoms with van der Waals surface area (Å²) in [7, 11) is 0. The first-order chi connectivity index (χ1) is 9.54. The summed E-state index contributed by atoms with van der Waals surface area (Å²) in [5, 5.41) is 11.1. The van der Waals surface area contributed by atoms with Gasteiger partial charge >= 0.3 is 0 Å². The van der Waals surface area contributed by atoms with Gasteiger partial charge in [0.15, 0.2) is 0 Å². The second kappa shape index (κ2) is 6.00. The zero-order valence-electron chi connectivity index (χ0n) is 11.5. The van der Waals surface area contributed by atoms with Crippen molar-refractivity contribution in [3.05, 3.63) is 39.4 Å². The van der Waals surface area contributed by atoms with Crippen LogP contribution in [0.3, 0.4) is 0 Å². The molecular formula is C14H19N3O3. The second-order valence-electron chi connectivity index (χ2n) is 5.16. The van der Waals surface area contributed by atoms with Gasteiger partial charge in [-0.05, 0) is 37.8 Å². The highest BCUT2D eigenvalue weighted by Gasteiger charge is 2.30. The average Bonchev–Trinajstić information content (AvgIpc) is 2.46. The van der Waals surface area contributed by atoms with E-state index in [0.29, 0.717) is 13.1 Å². The number of amides is 1. The van der Waals surface area contributed by atoms with Crippen molar-refractivity contribution >= 4 is 11.6 Å². The Morgan fingerprint density at radius 2 is 2.25 bits per heavy atom.